The smallest absolute Gasteiger partial charge is 0.0636 e. The summed E-state index contributed by atoms with van der Waals surface area (Å²) >= 11 is 0. The lowest BCUT2D eigenvalue weighted by Gasteiger charge is -2.20. The van der Waals surface area contributed by atoms with E-state index in [4.69, 9.17) is 0 Å². The molecule has 0 aliphatic heterocycles. The summed E-state index contributed by atoms with van der Waals surface area (Å²) in [6.07, 6.45) is 21.7. The molecule has 0 aliphatic carbocycles. The second-order valence-electron chi connectivity index (χ2n) is 7.77. The molecular weight excluding hydrogens is 330 g/mol. The molecule has 0 aromatic rings. The van der Waals surface area contributed by atoms with Gasteiger partial charge in [0.1, 0.15) is 0 Å². The maximum Gasteiger partial charge on any atom is 0.0636 e. The number of hydrogen-bond acceptors (Lipinski definition) is 2. The van der Waals surface area contributed by atoms with Gasteiger partial charge in [-0.3, -0.25) is 0 Å². The van der Waals surface area contributed by atoms with Crippen LogP contribution in [-0.2, 0) is 0 Å². The largest absolute Gasteiger partial charge is 0.392 e. The van der Waals surface area contributed by atoms with Crippen LogP contribution < -0.4 is 5.32 Å². The van der Waals surface area contributed by atoms with Crippen molar-refractivity contribution in [1.29, 1.82) is 0 Å². The van der Waals surface area contributed by atoms with Crippen LogP contribution in [0, 0.1) is 0 Å². The van der Waals surface area contributed by atoms with Crippen LogP contribution in [0.15, 0.2) is 0 Å². The highest BCUT2D eigenvalue weighted by atomic mass is 35.5. The fourth-order valence-electron chi connectivity index (χ4n) is 3.38. The Morgan fingerprint density at radius 3 is 1.36 bits per heavy atom. The van der Waals surface area contributed by atoms with Crippen LogP contribution in [0.4, 0.5) is 0 Å². The van der Waals surface area contributed by atoms with E-state index in [-0.39, 0.29) is 18.5 Å². The van der Waals surface area contributed by atoms with Gasteiger partial charge < -0.3 is 10.4 Å². The molecule has 1 unspecified atom stereocenters. The van der Waals surface area contributed by atoms with Crippen LogP contribution in [-0.4, -0.2) is 23.8 Å². The molecule has 2 N–H and O–H groups in total. The molecule has 0 aromatic heterocycles. The maximum absolute atomic E-state index is 9.52. The van der Waals surface area contributed by atoms with E-state index in [0.717, 1.165) is 6.54 Å². The van der Waals surface area contributed by atoms with Crippen molar-refractivity contribution in [2.24, 2.45) is 0 Å². The van der Waals surface area contributed by atoms with Gasteiger partial charge >= 0.3 is 0 Å². The normalized spacial score (nSPS) is 12.4. The highest BCUT2D eigenvalue weighted by Crippen LogP contribution is 2.15. The van der Waals surface area contributed by atoms with Gasteiger partial charge in [0.2, 0.25) is 0 Å². The summed E-state index contributed by atoms with van der Waals surface area (Å²) in [5, 5.41) is 13.1. The molecule has 0 radical (unpaired) electrons. The van der Waals surface area contributed by atoms with E-state index in [0.29, 0.717) is 6.04 Å². The predicted molar refractivity (Wildman–Crippen MR) is 116 cm³/mol. The first-order chi connectivity index (χ1) is 11.7. The van der Waals surface area contributed by atoms with Crippen LogP contribution in [0.3, 0.4) is 0 Å². The monoisotopic (exact) mass is 377 g/mol. The highest BCUT2D eigenvalue weighted by molar-refractivity contribution is 5.85. The topological polar surface area (TPSA) is 32.3 Å². The Morgan fingerprint density at radius 2 is 1.00 bits per heavy atom. The van der Waals surface area contributed by atoms with E-state index in [1.807, 2.05) is 6.92 Å². The second-order valence-corrected chi connectivity index (χ2v) is 7.77. The molecule has 0 heterocycles. The van der Waals surface area contributed by atoms with Crippen LogP contribution in [0.25, 0.3) is 0 Å². The maximum atomic E-state index is 9.52. The van der Waals surface area contributed by atoms with Crippen molar-refractivity contribution in [3.8, 4) is 0 Å². The van der Waals surface area contributed by atoms with Gasteiger partial charge in [0.25, 0.3) is 0 Å². The van der Waals surface area contributed by atoms with E-state index in [1.54, 1.807) is 0 Å². The Balaban J connectivity index is 0. The quantitative estimate of drug-likeness (QED) is 0.237. The predicted octanol–water partition coefficient (Wildman–Crippen LogP) is 7.03. The van der Waals surface area contributed by atoms with Gasteiger partial charge in [0.15, 0.2) is 0 Å². The van der Waals surface area contributed by atoms with E-state index in [2.05, 4.69) is 19.2 Å². The van der Waals surface area contributed by atoms with Crippen LogP contribution in [0.5, 0.6) is 0 Å². The Hall–Kier alpha value is 0.210. The lowest BCUT2D eigenvalue weighted by Crippen LogP contribution is -2.34. The molecule has 2 nitrogen and oxygen atoms in total. The standard InChI is InChI=1S/C22H47NO.ClH/c1-4-6-8-10-12-14-16-18-22(23-20-21(3)24)19-17-15-13-11-9-7-5-2;/h21-24H,4-20H2,1-3H3;1H. The van der Waals surface area contributed by atoms with Crippen LogP contribution in [0.1, 0.15) is 124 Å². The lowest BCUT2D eigenvalue weighted by atomic mass is 9.99. The highest BCUT2D eigenvalue weighted by Gasteiger charge is 2.09. The molecule has 3 heteroatoms. The molecule has 0 bridgehead atoms. The number of halogens is 1. The number of aliphatic hydroxyl groups is 1. The van der Waals surface area contributed by atoms with Crippen molar-refractivity contribution in [3.63, 3.8) is 0 Å². The van der Waals surface area contributed by atoms with Crippen molar-refractivity contribution >= 4 is 12.4 Å². The number of hydrogen-bond donors (Lipinski definition) is 2. The average molecular weight is 378 g/mol. The van der Waals surface area contributed by atoms with Crippen molar-refractivity contribution < 1.29 is 5.11 Å². The molecule has 0 spiro atoms. The molecule has 0 rings (SSSR count). The first kappa shape index (κ1) is 27.4. The van der Waals surface area contributed by atoms with Gasteiger partial charge in [0, 0.05) is 12.6 Å². The summed E-state index contributed by atoms with van der Waals surface area (Å²) in [6.45, 7) is 7.19. The van der Waals surface area contributed by atoms with Crippen molar-refractivity contribution in [1.82, 2.24) is 5.32 Å². The van der Waals surface area contributed by atoms with E-state index >= 15 is 0 Å². The molecule has 0 fully saturated rings. The summed E-state index contributed by atoms with van der Waals surface area (Å²) in [5.41, 5.74) is 0. The fourth-order valence-corrected chi connectivity index (χ4v) is 3.38. The van der Waals surface area contributed by atoms with Crippen molar-refractivity contribution in [2.45, 2.75) is 136 Å². The number of unbranched alkanes of at least 4 members (excludes halogenated alkanes) is 12. The third kappa shape index (κ3) is 22.2. The zero-order chi connectivity index (χ0) is 17.9. The summed E-state index contributed by atoms with van der Waals surface area (Å²) in [6, 6.07) is 0.617. The summed E-state index contributed by atoms with van der Waals surface area (Å²) in [5.74, 6) is 0. The zero-order valence-electron chi connectivity index (χ0n) is 17.5. The summed E-state index contributed by atoms with van der Waals surface area (Å²) < 4.78 is 0. The van der Waals surface area contributed by atoms with Crippen molar-refractivity contribution in [3.05, 3.63) is 0 Å². The fraction of sp³-hybridized carbons (Fsp3) is 1.00. The Morgan fingerprint density at radius 1 is 0.640 bits per heavy atom. The molecule has 0 aromatic carbocycles. The minimum Gasteiger partial charge on any atom is -0.392 e. The van der Waals surface area contributed by atoms with Gasteiger partial charge in [-0.15, -0.1) is 12.4 Å². The van der Waals surface area contributed by atoms with Gasteiger partial charge in [-0.1, -0.05) is 104 Å². The second kappa shape index (κ2) is 22.3. The Labute approximate surface area is 165 Å². The van der Waals surface area contributed by atoms with Gasteiger partial charge in [-0.2, -0.15) is 0 Å². The van der Waals surface area contributed by atoms with Gasteiger partial charge in [0.05, 0.1) is 6.10 Å². The molecule has 0 saturated carbocycles. The number of rotatable bonds is 19. The zero-order valence-corrected chi connectivity index (χ0v) is 18.3. The average Bonchev–Trinajstić information content (AvgIpc) is 2.57. The summed E-state index contributed by atoms with van der Waals surface area (Å²) in [7, 11) is 0. The SMILES string of the molecule is CCCCCCCCCC(CCCCCCCCC)NCC(C)O.Cl. The number of aliphatic hydroxyl groups excluding tert-OH is 1. The van der Waals surface area contributed by atoms with E-state index < -0.39 is 0 Å². The molecule has 25 heavy (non-hydrogen) atoms. The van der Waals surface area contributed by atoms with E-state index in [1.165, 1.54) is 103 Å². The van der Waals surface area contributed by atoms with Gasteiger partial charge in [-0.05, 0) is 19.8 Å². The first-order valence-corrected chi connectivity index (χ1v) is 11.1. The molecule has 0 saturated heterocycles. The van der Waals surface area contributed by atoms with Gasteiger partial charge in [-0.25, -0.2) is 0 Å². The molecule has 0 aliphatic rings. The first-order valence-electron chi connectivity index (χ1n) is 11.1. The van der Waals surface area contributed by atoms with Crippen LogP contribution >= 0.6 is 12.4 Å². The molecule has 0 amide bonds. The Kier molecular flexibility index (Phi) is 24.4. The van der Waals surface area contributed by atoms with Crippen LogP contribution in [0.2, 0.25) is 0 Å². The lowest BCUT2D eigenvalue weighted by molar-refractivity contribution is 0.183. The third-order valence-corrected chi connectivity index (χ3v) is 5.01. The molecule has 1 atom stereocenters. The Bertz CT molecular complexity index is 218. The third-order valence-electron chi connectivity index (χ3n) is 5.01. The van der Waals surface area contributed by atoms with E-state index in [9.17, 15) is 5.11 Å². The molecular formula is C22H48ClNO. The summed E-state index contributed by atoms with van der Waals surface area (Å²) in [4.78, 5) is 0. The minimum atomic E-state index is -0.226. The number of nitrogens with one attached hydrogen (secondary N) is 1. The molecule has 154 valence electrons. The minimum absolute atomic E-state index is 0. The van der Waals surface area contributed by atoms with Crippen molar-refractivity contribution in [2.75, 3.05) is 6.54 Å².